The van der Waals surface area contributed by atoms with Crippen LogP contribution in [0, 0.1) is 0 Å². The molecule has 3 rings (SSSR count). The number of nitrogens with zero attached hydrogens (tertiary/aromatic N) is 1. The third-order valence-electron chi connectivity index (χ3n) is 3.59. The Morgan fingerprint density at radius 3 is 2.57 bits per heavy atom. The van der Waals surface area contributed by atoms with Gasteiger partial charge in [-0.3, -0.25) is 4.79 Å². The van der Waals surface area contributed by atoms with Crippen LogP contribution in [0.1, 0.15) is 26.3 Å². The fraction of sp³-hybridized carbons (Fsp3) is 0.0588. The lowest BCUT2D eigenvalue weighted by Crippen LogP contribution is -2.36. The van der Waals surface area contributed by atoms with Crippen molar-refractivity contribution >= 4 is 34.9 Å². The van der Waals surface area contributed by atoms with Gasteiger partial charge in [-0.15, -0.1) is 0 Å². The normalized spacial score (nSPS) is 18.9. The van der Waals surface area contributed by atoms with Gasteiger partial charge < -0.3 is 9.66 Å². The smallest absolute Gasteiger partial charge is 0.335 e. The molecule has 6 heteroatoms. The highest BCUT2D eigenvalue weighted by Gasteiger charge is 2.38. The molecule has 0 fully saturated rings. The molecule has 1 atom stereocenters. The zero-order valence-electron chi connectivity index (χ0n) is 12.2. The molecule has 0 aliphatic carbocycles. The van der Waals surface area contributed by atoms with Crippen LogP contribution >= 0.6 is 0 Å². The number of carbonyl (C=O) groups is 2. The van der Waals surface area contributed by atoms with Crippen molar-refractivity contribution in [2.75, 3.05) is 11.4 Å². The average Bonchev–Trinajstić information content (AvgIpc) is 2.57. The number of aromatic carboxylic acids is 1. The van der Waals surface area contributed by atoms with Gasteiger partial charge in [0.05, 0.1) is 23.9 Å². The van der Waals surface area contributed by atoms with Crippen molar-refractivity contribution in [2.24, 2.45) is 0 Å². The van der Waals surface area contributed by atoms with Gasteiger partial charge in [0.15, 0.2) is 0 Å². The molecule has 0 bridgehead atoms. The monoisotopic (exact) mass is 327 g/mol. The minimum absolute atomic E-state index is 0.0252. The summed E-state index contributed by atoms with van der Waals surface area (Å²) >= 11 is -1.63. The third kappa shape index (κ3) is 2.74. The fourth-order valence-electron chi connectivity index (χ4n) is 2.39. The molecule has 0 aromatic heterocycles. The van der Waals surface area contributed by atoms with E-state index in [1.165, 1.54) is 22.5 Å². The lowest BCUT2D eigenvalue weighted by atomic mass is 10.0. The molecule has 1 unspecified atom stereocenters. The van der Waals surface area contributed by atoms with E-state index in [2.05, 4.69) is 0 Å². The number of allylic oxidation sites excluding steroid dienone is 1. The van der Waals surface area contributed by atoms with Crippen LogP contribution in [0.5, 0.6) is 0 Å². The molecule has 0 saturated heterocycles. The molecular formula is C17H13NO4S. The summed E-state index contributed by atoms with van der Waals surface area (Å²) in [5, 5.41) is 9.09. The molecule has 0 amide bonds. The van der Waals surface area contributed by atoms with E-state index >= 15 is 0 Å². The van der Waals surface area contributed by atoms with E-state index in [0.717, 1.165) is 5.56 Å². The van der Waals surface area contributed by atoms with Gasteiger partial charge in [0.1, 0.15) is 11.4 Å². The Morgan fingerprint density at radius 1 is 1.22 bits per heavy atom. The highest BCUT2D eigenvalue weighted by atomic mass is 32.2. The molecular weight excluding hydrogens is 314 g/mol. The second kappa shape index (κ2) is 5.91. The average molecular weight is 327 g/mol. The summed E-state index contributed by atoms with van der Waals surface area (Å²) in [4.78, 5) is 23.9. The molecule has 2 aromatic carbocycles. The van der Waals surface area contributed by atoms with Crippen molar-refractivity contribution in [3.8, 4) is 0 Å². The lowest BCUT2D eigenvalue weighted by molar-refractivity contribution is 0.0697. The molecule has 1 heterocycles. The van der Waals surface area contributed by atoms with E-state index in [0.29, 0.717) is 5.69 Å². The molecule has 1 aliphatic rings. The van der Waals surface area contributed by atoms with Crippen molar-refractivity contribution in [3.05, 3.63) is 70.1 Å². The number of anilines is 1. The van der Waals surface area contributed by atoms with E-state index in [1.54, 1.807) is 25.3 Å². The quantitative estimate of drug-likeness (QED) is 0.677. The van der Waals surface area contributed by atoms with Crippen LogP contribution in [0.3, 0.4) is 0 Å². The number of carboxylic acid groups (broad SMARTS) is 1. The number of carboxylic acids is 1. The minimum atomic E-state index is -1.63. The first kappa shape index (κ1) is 15.3. The molecule has 0 spiro atoms. The number of fused-ring (bicyclic) bond motifs is 1. The Bertz CT molecular complexity index is 817. The molecule has 2 aromatic rings. The molecule has 0 saturated carbocycles. The van der Waals surface area contributed by atoms with Crippen LogP contribution in [0.25, 0.3) is 6.08 Å². The van der Waals surface area contributed by atoms with Crippen molar-refractivity contribution in [2.45, 2.75) is 0 Å². The maximum atomic E-state index is 12.7. The Balaban J connectivity index is 2.12. The van der Waals surface area contributed by atoms with Crippen LogP contribution in [-0.2, 0) is 11.4 Å². The summed E-state index contributed by atoms with van der Waals surface area (Å²) in [7, 11) is 1.61. The van der Waals surface area contributed by atoms with E-state index in [4.69, 9.17) is 5.11 Å². The van der Waals surface area contributed by atoms with Gasteiger partial charge in [-0.1, -0.05) is 30.3 Å². The topological polar surface area (TPSA) is 80.7 Å². The van der Waals surface area contributed by atoms with Gasteiger partial charge >= 0.3 is 5.97 Å². The first-order valence-corrected chi connectivity index (χ1v) is 7.94. The van der Waals surface area contributed by atoms with Gasteiger partial charge in [0.25, 0.3) is 0 Å². The van der Waals surface area contributed by atoms with Gasteiger partial charge in [-0.2, -0.15) is 4.31 Å². The van der Waals surface area contributed by atoms with Crippen LogP contribution in [0.2, 0.25) is 0 Å². The molecule has 5 nitrogen and oxygen atoms in total. The zero-order chi connectivity index (χ0) is 16.6. The second-order valence-corrected chi connectivity index (χ2v) is 6.52. The molecule has 1 aliphatic heterocycles. The predicted molar refractivity (Wildman–Crippen MR) is 88.7 cm³/mol. The summed E-state index contributed by atoms with van der Waals surface area (Å²) in [6, 6.07) is 13.3. The SMILES string of the molecule is CN1c2ccc(C(=O)O)cc2C(=O)/C(=C/c2ccccc2)[S+]1[O-]. The van der Waals surface area contributed by atoms with Crippen molar-refractivity contribution in [3.63, 3.8) is 0 Å². The number of Topliss-reactive ketones (excluding diaryl/α,β-unsaturated/α-hetero) is 1. The zero-order valence-corrected chi connectivity index (χ0v) is 13.0. The summed E-state index contributed by atoms with van der Waals surface area (Å²) in [5.41, 5.74) is 1.49. The Morgan fingerprint density at radius 2 is 1.91 bits per heavy atom. The molecule has 1 N–H and O–H groups in total. The number of rotatable bonds is 2. The van der Waals surface area contributed by atoms with Crippen molar-refractivity contribution in [1.29, 1.82) is 0 Å². The highest BCUT2D eigenvalue weighted by Crippen LogP contribution is 2.35. The van der Waals surface area contributed by atoms with E-state index in [-0.39, 0.29) is 16.0 Å². The summed E-state index contributed by atoms with van der Waals surface area (Å²) in [6.07, 6.45) is 1.57. The van der Waals surface area contributed by atoms with E-state index in [9.17, 15) is 14.1 Å². The van der Waals surface area contributed by atoms with E-state index < -0.39 is 23.1 Å². The lowest BCUT2D eigenvalue weighted by Gasteiger charge is -2.29. The number of hydrogen-bond acceptors (Lipinski definition) is 4. The first-order valence-electron chi connectivity index (χ1n) is 6.83. The minimum Gasteiger partial charge on any atom is -0.588 e. The van der Waals surface area contributed by atoms with Gasteiger partial charge in [0.2, 0.25) is 10.7 Å². The third-order valence-corrected chi connectivity index (χ3v) is 4.96. The molecule has 23 heavy (non-hydrogen) atoms. The fourth-order valence-corrected chi connectivity index (χ4v) is 3.53. The van der Waals surface area contributed by atoms with Crippen LogP contribution in [0.15, 0.2) is 53.4 Å². The number of hydrogen-bond donors (Lipinski definition) is 1. The molecule has 116 valence electrons. The van der Waals surface area contributed by atoms with E-state index in [1.807, 2.05) is 18.2 Å². The second-order valence-electron chi connectivity index (χ2n) is 5.03. The predicted octanol–water partition coefficient (Wildman–Crippen LogP) is 2.72. The van der Waals surface area contributed by atoms with Crippen LogP contribution in [0.4, 0.5) is 5.69 Å². The van der Waals surface area contributed by atoms with Gasteiger partial charge in [-0.05, 0) is 23.8 Å². The summed E-state index contributed by atoms with van der Waals surface area (Å²) in [5.74, 6) is -1.52. The molecule has 0 radical (unpaired) electrons. The maximum Gasteiger partial charge on any atom is 0.335 e. The first-order chi connectivity index (χ1) is 11.0. The summed E-state index contributed by atoms with van der Waals surface area (Å²) in [6.45, 7) is 0. The highest BCUT2D eigenvalue weighted by molar-refractivity contribution is 7.97. The Kier molecular flexibility index (Phi) is 3.94. The standard InChI is InChI=1S/C17H13NO4S/c1-18-14-8-7-12(17(20)21)10-13(14)16(19)15(23(18)22)9-11-5-3-2-4-6-11/h2-10H,1H3,(H,20,21)/b15-9-. The number of carbonyl (C=O) groups excluding carboxylic acids is 1. The Hall–Kier alpha value is -2.57. The summed E-state index contributed by atoms with van der Waals surface area (Å²) < 4.78 is 14.0. The van der Waals surface area contributed by atoms with Crippen LogP contribution in [-0.4, -0.2) is 28.5 Å². The maximum absolute atomic E-state index is 12.7. The van der Waals surface area contributed by atoms with Crippen molar-refractivity contribution in [1.82, 2.24) is 0 Å². The van der Waals surface area contributed by atoms with Crippen LogP contribution < -0.4 is 4.31 Å². The Labute approximate surface area is 136 Å². The largest absolute Gasteiger partial charge is 0.588 e. The van der Waals surface area contributed by atoms with Gasteiger partial charge in [0, 0.05) is 6.08 Å². The van der Waals surface area contributed by atoms with Gasteiger partial charge in [-0.25, -0.2) is 4.79 Å². The van der Waals surface area contributed by atoms with Crippen molar-refractivity contribution < 1.29 is 19.2 Å². The number of benzene rings is 2. The number of ketones is 1.